The van der Waals surface area contributed by atoms with E-state index in [9.17, 15) is 4.79 Å². The molecule has 0 aromatic heterocycles. The van der Waals surface area contributed by atoms with Gasteiger partial charge in [0.25, 0.3) is 0 Å². The Balaban J connectivity index is 3.27. The fraction of sp³-hybridized carbons (Fsp3) is 0.857. The van der Waals surface area contributed by atoms with E-state index < -0.39 is 0 Å². The van der Waals surface area contributed by atoms with Gasteiger partial charge < -0.3 is 5.73 Å². The van der Waals surface area contributed by atoms with Crippen LogP contribution in [0.2, 0.25) is 0 Å². The number of carbonyl (C=O) groups is 1. The predicted octanol–water partition coefficient (Wildman–Crippen LogP) is 1.09. The molecule has 0 aromatic rings. The van der Waals surface area contributed by atoms with Gasteiger partial charge in [0.05, 0.1) is 6.04 Å². The zero-order valence-electron chi connectivity index (χ0n) is 6.18. The van der Waals surface area contributed by atoms with Crippen LogP contribution in [-0.4, -0.2) is 11.8 Å². The number of carbonyl (C=O) groups excluding carboxylic acids is 1. The Morgan fingerprint density at radius 2 is 2.22 bits per heavy atom. The molecular weight excluding hydrogens is 114 g/mol. The monoisotopic (exact) mass is 129 g/mol. The summed E-state index contributed by atoms with van der Waals surface area (Å²) in [4.78, 5) is 10.5. The van der Waals surface area contributed by atoms with Crippen LogP contribution in [0.15, 0.2) is 0 Å². The first-order valence-corrected chi connectivity index (χ1v) is 3.44. The minimum absolute atomic E-state index is 0.100. The second-order valence-electron chi connectivity index (χ2n) is 2.36. The molecule has 1 atom stereocenters. The Labute approximate surface area is 56.4 Å². The highest BCUT2D eigenvalue weighted by atomic mass is 16.1. The molecule has 0 spiro atoms. The van der Waals surface area contributed by atoms with Crippen molar-refractivity contribution in [3.63, 3.8) is 0 Å². The highest BCUT2D eigenvalue weighted by molar-refractivity contribution is 5.80. The van der Waals surface area contributed by atoms with Crippen molar-refractivity contribution in [2.75, 3.05) is 0 Å². The first kappa shape index (κ1) is 8.63. The molecule has 0 aliphatic carbocycles. The molecule has 0 aliphatic heterocycles. The van der Waals surface area contributed by atoms with Crippen LogP contribution in [-0.2, 0) is 4.79 Å². The molecule has 0 radical (unpaired) electrons. The topological polar surface area (TPSA) is 43.1 Å². The molecule has 0 fully saturated rings. The van der Waals surface area contributed by atoms with Crippen LogP contribution in [0, 0.1) is 0 Å². The number of rotatable bonds is 4. The highest BCUT2D eigenvalue weighted by Gasteiger charge is 2.05. The highest BCUT2D eigenvalue weighted by Crippen LogP contribution is 1.97. The van der Waals surface area contributed by atoms with Crippen LogP contribution in [0.3, 0.4) is 0 Å². The van der Waals surface area contributed by atoms with Gasteiger partial charge in [0.15, 0.2) is 0 Å². The van der Waals surface area contributed by atoms with E-state index in [0.29, 0.717) is 0 Å². The van der Waals surface area contributed by atoms with E-state index in [0.717, 1.165) is 19.3 Å². The van der Waals surface area contributed by atoms with E-state index >= 15 is 0 Å². The lowest BCUT2D eigenvalue weighted by Crippen LogP contribution is -2.27. The van der Waals surface area contributed by atoms with Gasteiger partial charge in [-0.1, -0.05) is 19.8 Å². The number of hydrogen-bond donors (Lipinski definition) is 1. The van der Waals surface area contributed by atoms with E-state index in [4.69, 9.17) is 5.73 Å². The standard InChI is InChI=1S/C7H15NO/c1-3-4-5-7(8)6(2)9/h7H,3-5,8H2,1-2H3. The summed E-state index contributed by atoms with van der Waals surface area (Å²) < 4.78 is 0. The molecule has 1 unspecified atom stereocenters. The van der Waals surface area contributed by atoms with Crippen molar-refractivity contribution in [2.24, 2.45) is 5.73 Å². The predicted molar refractivity (Wildman–Crippen MR) is 38.2 cm³/mol. The first-order chi connectivity index (χ1) is 4.18. The summed E-state index contributed by atoms with van der Waals surface area (Å²) in [6.07, 6.45) is 3.01. The molecule has 54 valence electrons. The average molecular weight is 129 g/mol. The molecular formula is C7H15NO. The third-order valence-electron chi connectivity index (χ3n) is 1.39. The minimum Gasteiger partial charge on any atom is -0.322 e. The van der Waals surface area contributed by atoms with Crippen molar-refractivity contribution >= 4 is 5.78 Å². The molecule has 0 rings (SSSR count). The lowest BCUT2D eigenvalue weighted by atomic mass is 10.1. The van der Waals surface area contributed by atoms with E-state index in [-0.39, 0.29) is 11.8 Å². The SMILES string of the molecule is CCCCC(N)C(C)=O. The zero-order valence-corrected chi connectivity index (χ0v) is 6.18. The van der Waals surface area contributed by atoms with Gasteiger partial charge in [-0.3, -0.25) is 4.79 Å². The summed E-state index contributed by atoms with van der Waals surface area (Å²) in [5.74, 6) is 0.100. The van der Waals surface area contributed by atoms with E-state index in [1.54, 1.807) is 6.92 Å². The molecule has 0 aromatic carbocycles. The largest absolute Gasteiger partial charge is 0.322 e. The molecule has 0 aliphatic rings. The van der Waals surface area contributed by atoms with Gasteiger partial charge in [-0.2, -0.15) is 0 Å². The van der Waals surface area contributed by atoms with Gasteiger partial charge in [0.2, 0.25) is 0 Å². The smallest absolute Gasteiger partial charge is 0.146 e. The Kier molecular flexibility index (Phi) is 4.32. The van der Waals surface area contributed by atoms with Crippen LogP contribution >= 0.6 is 0 Å². The second kappa shape index (κ2) is 4.50. The summed E-state index contributed by atoms with van der Waals surface area (Å²) in [6, 6.07) is -0.218. The maximum Gasteiger partial charge on any atom is 0.146 e. The molecule has 0 saturated heterocycles. The van der Waals surface area contributed by atoms with E-state index in [2.05, 4.69) is 6.92 Å². The Morgan fingerprint density at radius 1 is 1.67 bits per heavy atom. The Hall–Kier alpha value is -0.370. The summed E-state index contributed by atoms with van der Waals surface area (Å²) in [5, 5.41) is 0. The van der Waals surface area contributed by atoms with Crippen molar-refractivity contribution in [1.29, 1.82) is 0 Å². The Morgan fingerprint density at radius 3 is 2.56 bits per heavy atom. The van der Waals surface area contributed by atoms with Gasteiger partial charge in [-0.05, 0) is 13.3 Å². The fourth-order valence-electron chi connectivity index (χ4n) is 0.627. The molecule has 2 heteroatoms. The van der Waals surface area contributed by atoms with Crippen molar-refractivity contribution in [3.8, 4) is 0 Å². The number of unbranched alkanes of at least 4 members (excludes halogenated alkanes) is 1. The molecule has 9 heavy (non-hydrogen) atoms. The lowest BCUT2D eigenvalue weighted by Gasteiger charge is -2.04. The quantitative estimate of drug-likeness (QED) is 0.617. The van der Waals surface area contributed by atoms with Crippen molar-refractivity contribution in [2.45, 2.75) is 39.2 Å². The number of Topliss-reactive ketones (excluding diaryl/α,β-unsaturated/α-hetero) is 1. The molecule has 0 saturated carbocycles. The van der Waals surface area contributed by atoms with Gasteiger partial charge in [0.1, 0.15) is 5.78 Å². The number of hydrogen-bond acceptors (Lipinski definition) is 2. The number of nitrogens with two attached hydrogens (primary N) is 1. The summed E-state index contributed by atoms with van der Waals surface area (Å²) in [5.41, 5.74) is 5.45. The van der Waals surface area contributed by atoms with E-state index in [1.807, 2.05) is 0 Å². The van der Waals surface area contributed by atoms with Gasteiger partial charge in [-0.15, -0.1) is 0 Å². The summed E-state index contributed by atoms with van der Waals surface area (Å²) in [6.45, 7) is 3.63. The van der Waals surface area contributed by atoms with Gasteiger partial charge in [-0.25, -0.2) is 0 Å². The molecule has 0 amide bonds. The second-order valence-corrected chi connectivity index (χ2v) is 2.36. The summed E-state index contributed by atoms with van der Waals surface area (Å²) in [7, 11) is 0. The number of ketones is 1. The third-order valence-corrected chi connectivity index (χ3v) is 1.39. The summed E-state index contributed by atoms with van der Waals surface area (Å²) >= 11 is 0. The molecule has 2 N–H and O–H groups in total. The zero-order chi connectivity index (χ0) is 7.28. The average Bonchev–Trinajstić information content (AvgIpc) is 1.82. The molecule has 0 heterocycles. The lowest BCUT2D eigenvalue weighted by molar-refractivity contribution is -0.118. The van der Waals surface area contributed by atoms with Gasteiger partial charge in [0, 0.05) is 0 Å². The van der Waals surface area contributed by atoms with Crippen LogP contribution in [0.25, 0.3) is 0 Å². The third kappa shape index (κ3) is 4.15. The Bertz CT molecular complexity index is 90.9. The van der Waals surface area contributed by atoms with Crippen molar-refractivity contribution in [3.05, 3.63) is 0 Å². The van der Waals surface area contributed by atoms with Crippen molar-refractivity contribution < 1.29 is 4.79 Å². The molecule has 2 nitrogen and oxygen atoms in total. The maximum absolute atomic E-state index is 10.5. The van der Waals surface area contributed by atoms with E-state index in [1.165, 1.54) is 0 Å². The first-order valence-electron chi connectivity index (χ1n) is 3.44. The van der Waals surface area contributed by atoms with Crippen molar-refractivity contribution in [1.82, 2.24) is 0 Å². The molecule has 0 bridgehead atoms. The van der Waals surface area contributed by atoms with Gasteiger partial charge >= 0.3 is 0 Å². The van der Waals surface area contributed by atoms with Crippen LogP contribution in [0.1, 0.15) is 33.1 Å². The van der Waals surface area contributed by atoms with Crippen LogP contribution < -0.4 is 5.73 Å². The normalized spacial score (nSPS) is 13.2. The van der Waals surface area contributed by atoms with Crippen LogP contribution in [0.5, 0.6) is 0 Å². The van der Waals surface area contributed by atoms with Crippen LogP contribution in [0.4, 0.5) is 0 Å². The minimum atomic E-state index is -0.218. The maximum atomic E-state index is 10.5. The fourth-order valence-corrected chi connectivity index (χ4v) is 0.627.